The monoisotopic (exact) mass is 340 g/mol. The van der Waals surface area contributed by atoms with E-state index in [-0.39, 0.29) is 0 Å². The van der Waals surface area contributed by atoms with Gasteiger partial charge in [-0.2, -0.15) is 0 Å². The third-order valence-electron chi connectivity index (χ3n) is 4.17. The Morgan fingerprint density at radius 2 is 1.12 bits per heavy atom. The third kappa shape index (κ3) is 14.3. The molecule has 4 nitrogen and oxygen atoms in total. The first-order chi connectivity index (χ1) is 11.5. The molecule has 0 rings (SSSR count). The SMILES string of the molecule is CCCCC(C)CCOC(=O)/C=C/C(=O)OCCC(C)CCCC. The third-order valence-corrected chi connectivity index (χ3v) is 4.17. The maximum absolute atomic E-state index is 11.5. The molecule has 0 saturated carbocycles. The van der Waals surface area contributed by atoms with Crippen LogP contribution in [0.25, 0.3) is 0 Å². The Hall–Kier alpha value is -1.32. The lowest BCUT2D eigenvalue weighted by molar-refractivity contribution is -0.140. The fourth-order valence-electron chi connectivity index (χ4n) is 2.35. The van der Waals surface area contributed by atoms with Crippen LogP contribution in [0, 0.1) is 11.8 Å². The predicted octanol–water partition coefficient (Wildman–Crippen LogP) is 5.06. The number of hydrogen-bond acceptors (Lipinski definition) is 4. The second-order valence-electron chi connectivity index (χ2n) is 6.74. The molecule has 0 bridgehead atoms. The summed E-state index contributed by atoms with van der Waals surface area (Å²) in [5, 5.41) is 0. The molecule has 24 heavy (non-hydrogen) atoms. The van der Waals surface area contributed by atoms with Crippen LogP contribution in [0.4, 0.5) is 0 Å². The molecule has 140 valence electrons. The normalized spacial score (nSPS) is 13.7. The van der Waals surface area contributed by atoms with Gasteiger partial charge in [0.2, 0.25) is 0 Å². The average Bonchev–Trinajstić information content (AvgIpc) is 2.56. The summed E-state index contributed by atoms with van der Waals surface area (Å²) < 4.78 is 10.2. The largest absolute Gasteiger partial charge is 0.463 e. The van der Waals surface area contributed by atoms with Crippen LogP contribution in [0.1, 0.15) is 79.1 Å². The lowest BCUT2D eigenvalue weighted by Crippen LogP contribution is -2.09. The van der Waals surface area contributed by atoms with Crippen molar-refractivity contribution < 1.29 is 19.1 Å². The average molecular weight is 341 g/mol. The van der Waals surface area contributed by atoms with E-state index >= 15 is 0 Å². The van der Waals surface area contributed by atoms with Crippen LogP contribution in [-0.4, -0.2) is 25.2 Å². The second-order valence-corrected chi connectivity index (χ2v) is 6.74. The molecule has 2 unspecified atom stereocenters. The minimum atomic E-state index is -0.481. The molecular weight excluding hydrogens is 304 g/mol. The molecule has 0 aliphatic heterocycles. The molecule has 0 aliphatic carbocycles. The quantitative estimate of drug-likeness (QED) is 0.327. The molecule has 0 aromatic carbocycles. The highest BCUT2D eigenvalue weighted by Crippen LogP contribution is 2.12. The highest BCUT2D eigenvalue weighted by Gasteiger charge is 2.06. The molecular formula is C20H36O4. The molecule has 0 aromatic heterocycles. The number of carbonyl (C=O) groups is 2. The number of ether oxygens (including phenoxy) is 2. The lowest BCUT2D eigenvalue weighted by atomic mass is 10.0. The fourth-order valence-corrected chi connectivity index (χ4v) is 2.35. The van der Waals surface area contributed by atoms with Crippen molar-refractivity contribution in [1.29, 1.82) is 0 Å². The first kappa shape index (κ1) is 22.7. The van der Waals surface area contributed by atoms with Gasteiger partial charge >= 0.3 is 11.9 Å². The van der Waals surface area contributed by atoms with Crippen molar-refractivity contribution in [3.05, 3.63) is 12.2 Å². The number of rotatable bonds is 14. The van der Waals surface area contributed by atoms with E-state index in [2.05, 4.69) is 27.7 Å². The summed E-state index contributed by atoms with van der Waals surface area (Å²) in [5.74, 6) is 0.152. The van der Waals surface area contributed by atoms with E-state index in [0.717, 1.165) is 37.8 Å². The van der Waals surface area contributed by atoms with Gasteiger partial charge in [-0.3, -0.25) is 0 Å². The van der Waals surface area contributed by atoms with E-state index in [9.17, 15) is 9.59 Å². The van der Waals surface area contributed by atoms with Crippen molar-refractivity contribution >= 4 is 11.9 Å². The smallest absolute Gasteiger partial charge is 0.331 e. The predicted molar refractivity (Wildman–Crippen MR) is 97.7 cm³/mol. The first-order valence-electron chi connectivity index (χ1n) is 9.51. The van der Waals surface area contributed by atoms with Gasteiger partial charge in [-0.05, 0) is 24.7 Å². The fraction of sp³-hybridized carbons (Fsp3) is 0.800. The maximum atomic E-state index is 11.5. The van der Waals surface area contributed by atoms with Crippen LogP contribution in [0.5, 0.6) is 0 Å². The topological polar surface area (TPSA) is 52.6 Å². The highest BCUT2D eigenvalue weighted by atomic mass is 16.5. The Kier molecular flexibility index (Phi) is 14.4. The molecule has 0 radical (unpaired) electrons. The van der Waals surface area contributed by atoms with Crippen molar-refractivity contribution in [2.75, 3.05) is 13.2 Å². The van der Waals surface area contributed by atoms with Gasteiger partial charge in [0.05, 0.1) is 13.2 Å². The number of unbranched alkanes of at least 4 members (excludes halogenated alkanes) is 2. The van der Waals surface area contributed by atoms with Crippen LogP contribution in [0.15, 0.2) is 12.2 Å². The summed E-state index contributed by atoms with van der Waals surface area (Å²) in [4.78, 5) is 23.1. The zero-order valence-electron chi connectivity index (χ0n) is 16.0. The van der Waals surface area contributed by atoms with Crippen LogP contribution < -0.4 is 0 Å². The Bertz CT molecular complexity index is 329. The second kappa shape index (κ2) is 15.2. The standard InChI is InChI=1S/C20H36O4/c1-5-7-9-17(3)13-15-23-19(21)11-12-20(22)24-16-14-18(4)10-8-6-2/h11-12,17-18H,5-10,13-16H2,1-4H3/b12-11+. The summed E-state index contributed by atoms with van der Waals surface area (Å²) in [6.45, 7) is 9.47. The van der Waals surface area contributed by atoms with Gasteiger partial charge in [-0.1, -0.05) is 66.2 Å². The van der Waals surface area contributed by atoms with E-state index in [1.807, 2.05) is 0 Å². The van der Waals surface area contributed by atoms with E-state index in [0.29, 0.717) is 25.0 Å². The van der Waals surface area contributed by atoms with Gasteiger partial charge in [-0.25, -0.2) is 9.59 Å². The molecule has 0 heterocycles. The van der Waals surface area contributed by atoms with Gasteiger partial charge in [0.15, 0.2) is 0 Å². The van der Waals surface area contributed by atoms with E-state index in [4.69, 9.17) is 9.47 Å². The molecule has 2 atom stereocenters. The molecule has 0 saturated heterocycles. The Morgan fingerprint density at radius 1 is 0.750 bits per heavy atom. The van der Waals surface area contributed by atoms with Gasteiger partial charge in [-0.15, -0.1) is 0 Å². The van der Waals surface area contributed by atoms with E-state index < -0.39 is 11.9 Å². The number of hydrogen-bond donors (Lipinski definition) is 0. The molecule has 4 heteroatoms. The zero-order valence-corrected chi connectivity index (χ0v) is 16.0. The Labute approximate surface area is 148 Å². The Morgan fingerprint density at radius 3 is 1.46 bits per heavy atom. The molecule has 0 fully saturated rings. The molecule has 0 aromatic rings. The van der Waals surface area contributed by atoms with E-state index in [1.54, 1.807) is 0 Å². The minimum Gasteiger partial charge on any atom is -0.463 e. The summed E-state index contributed by atoms with van der Waals surface area (Å²) >= 11 is 0. The molecule has 0 N–H and O–H groups in total. The van der Waals surface area contributed by atoms with Crippen LogP contribution in [0.3, 0.4) is 0 Å². The lowest BCUT2D eigenvalue weighted by Gasteiger charge is -2.10. The summed E-state index contributed by atoms with van der Waals surface area (Å²) in [5.41, 5.74) is 0. The van der Waals surface area contributed by atoms with Crippen molar-refractivity contribution in [2.24, 2.45) is 11.8 Å². The van der Waals surface area contributed by atoms with Crippen molar-refractivity contribution in [1.82, 2.24) is 0 Å². The minimum absolute atomic E-state index is 0.401. The summed E-state index contributed by atoms with van der Waals surface area (Å²) in [6.07, 6.45) is 11.1. The Balaban J connectivity index is 3.75. The van der Waals surface area contributed by atoms with Crippen LogP contribution >= 0.6 is 0 Å². The van der Waals surface area contributed by atoms with Gasteiger partial charge in [0.25, 0.3) is 0 Å². The van der Waals surface area contributed by atoms with Crippen molar-refractivity contribution in [3.63, 3.8) is 0 Å². The first-order valence-corrected chi connectivity index (χ1v) is 9.51. The van der Waals surface area contributed by atoms with Crippen molar-refractivity contribution in [2.45, 2.75) is 79.1 Å². The van der Waals surface area contributed by atoms with Crippen LogP contribution in [0.2, 0.25) is 0 Å². The molecule has 0 amide bonds. The van der Waals surface area contributed by atoms with Crippen LogP contribution in [-0.2, 0) is 19.1 Å². The summed E-state index contributed by atoms with van der Waals surface area (Å²) in [7, 11) is 0. The van der Waals surface area contributed by atoms with Gasteiger partial charge in [0.1, 0.15) is 0 Å². The molecule has 0 spiro atoms. The number of esters is 2. The zero-order chi connectivity index (χ0) is 18.2. The number of carbonyl (C=O) groups excluding carboxylic acids is 2. The highest BCUT2D eigenvalue weighted by molar-refractivity contribution is 5.91. The summed E-state index contributed by atoms with van der Waals surface area (Å²) in [6, 6.07) is 0. The molecule has 0 aliphatic rings. The maximum Gasteiger partial charge on any atom is 0.331 e. The van der Waals surface area contributed by atoms with E-state index in [1.165, 1.54) is 25.7 Å². The van der Waals surface area contributed by atoms with Gasteiger partial charge in [0, 0.05) is 12.2 Å². The van der Waals surface area contributed by atoms with Crippen molar-refractivity contribution in [3.8, 4) is 0 Å². The van der Waals surface area contributed by atoms with Gasteiger partial charge < -0.3 is 9.47 Å².